The minimum Gasteiger partial charge on any atom is -0.490 e. The lowest BCUT2D eigenvalue weighted by molar-refractivity contribution is 0.242. The van der Waals surface area contributed by atoms with Crippen molar-refractivity contribution in [2.45, 2.75) is 66.0 Å². The molecule has 3 aromatic rings. The fourth-order valence-corrected chi connectivity index (χ4v) is 5.18. The van der Waals surface area contributed by atoms with Gasteiger partial charge in [0, 0.05) is 24.4 Å². The highest BCUT2D eigenvalue weighted by Gasteiger charge is 2.24. The molecular weight excluding hydrogens is 478 g/mol. The number of thiazole rings is 1. The molecule has 0 fully saturated rings. The van der Waals surface area contributed by atoms with E-state index in [4.69, 9.17) is 14.8 Å². The Labute approximate surface area is 227 Å². The molecule has 5 nitrogen and oxygen atoms in total. The number of aliphatic hydroxyl groups excluding tert-OH is 1. The predicted molar refractivity (Wildman–Crippen MR) is 158 cm³/mol. The number of ether oxygens (including phenoxy) is 1. The summed E-state index contributed by atoms with van der Waals surface area (Å²) in [5, 5.41) is 15.0. The molecule has 0 amide bonds. The Balaban J connectivity index is 0.000000530. The first-order chi connectivity index (χ1) is 17.9. The SMILES string of the molecule is CC#Cc1cc(-c2ncc(-c3cccc4c3CCC4NC)s2)ccc1OC(C)C.CCCNC.CCO. The molecule has 1 unspecified atom stereocenters. The van der Waals surface area contributed by atoms with E-state index in [9.17, 15) is 0 Å². The number of nitrogens with zero attached hydrogens (tertiary/aromatic N) is 1. The highest BCUT2D eigenvalue weighted by molar-refractivity contribution is 7.18. The smallest absolute Gasteiger partial charge is 0.135 e. The van der Waals surface area contributed by atoms with Gasteiger partial charge in [0.05, 0.1) is 16.5 Å². The molecule has 1 heterocycles. The number of benzene rings is 2. The first kappa shape index (κ1) is 30.5. The van der Waals surface area contributed by atoms with Gasteiger partial charge in [-0.3, -0.25) is 0 Å². The molecule has 6 heteroatoms. The van der Waals surface area contributed by atoms with Crippen LogP contribution in [0.5, 0.6) is 5.75 Å². The van der Waals surface area contributed by atoms with E-state index in [2.05, 4.69) is 59.7 Å². The molecule has 1 aromatic heterocycles. The van der Waals surface area contributed by atoms with E-state index in [0.717, 1.165) is 41.3 Å². The second kappa shape index (κ2) is 16.2. The largest absolute Gasteiger partial charge is 0.490 e. The van der Waals surface area contributed by atoms with Crippen LogP contribution in [-0.4, -0.2) is 43.4 Å². The molecule has 37 heavy (non-hydrogen) atoms. The van der Waals surface area contributed by atoms with Gasteiger partial charge in [0.25, 0.3) is 0 Å². The molecule has 0 saturated carbocycles. The Morgan fingerprint density at radius 2 is 1.95 bits per heavy atom. The third-order valence-corrected chi connectivity index (χ3v) is 6.82. The van der Waals surface area contributed by atoms with Crippen molar-refractivity contribution in [2.24, 2.45) is 0 Å². The Morgan fingerprint density at radius 3 is 2.54 bits per heavy atom. The van der Waals surface area contributed by atoms with Crippen molar-refractivity contribution in [1.82, 2.24) is 15.6 Å². The van der Waals surface area contributed by atoms with E-state index in [1.165, 1.54) is 28.0 Å². The maximum Gasteiger partial charge on any atom is 0.135 e. The summed E-state index contributed by atoms with van der Waals surface area (Å²) in [4.78, 5) is 5.95. The molecule has 4 rings (SSSR count). The summed E-state index contributed by atoms with van der Waals surface area (Å²) in [6.45, 7) is 11.1. The van der Waals surface area contributed by atoms with Crippen molar-refractivity contribution in [3.05, 3.63) is 59.3 Å². The van der Waals surface area contributed by atoms with Crippen LogP contribution in [0, 0.1) is 11.8 Å². The van der Waals surface area contributed by atoms with Gasteiger partial charge in [-0.1, -0.05) is 31.0 Å². The summed E-state index contributed by atoms with van der Waals surface area (Å²) < 4.78 is 5.91. The Morgan fingerprint density at radius 1 is 1.19 bits per heavy atom. The Hall–Kier alpha value is -2.69. The number of hydrogen-bond acceptors (Lipinski definition) is 6. The van der Waals surface area contributed by atoms with Crippen LogP contribution in [-0.2, 0) is 6.42 Å². The minimum absolute atomic E-state index is 0.117. The average molecular weight is 522 g/mol. The van der Waals surface area contributed by atoms with Crippen molar-refractivity contribution < 1.29 is 9.84 Å². The second-order valence-corrected chi connectivity index (χ2v) is 9.99. The maximum absolute atomic E-state index is 7.57. The van der Waals surface area contributed by atoms with E-state index < -0.39 is 0 Å². The molecule has 1 aliphatic rings. The molecule has 0 bridgehead atoms. The summed E-state index contributed by atoms with van der Waals surface area (Å²) in [6.07, 6.45) is 5.63. The lowest BCUT2D eigenvalue weighted by Gasteiger charge is -2.12. The molecule has 3 N–H and O–H groups in total. The summed E-state index contributed by atoms with van der Waals surface area (Å²) in [7, 11) is 4.00. The molecular formula is C31H43N3O2S. The van der Waals surface area contributed by atoms with Gasteiger partial charge in [0.2, 0.25) is 0 Å². The zero-order valence-corrected chi connectivity index (χ0v) is 24.3. The number of nitrogens with one attached hydrogen (secondary N) is 2. The first-order valence-corrected chi connectivity index (χ1v) is 14.0. The van der Waals surface area contributed by atoms with Crippen LogP contribution in [0.15, 0.2) is 42.6 Å². The molecule has 0 spiro atoms. The Kier molecular flexibility index (Phi) is 13.4. The van der Waals surface area contributed by atoms with Crippen LogP contribution in [0.1, 0.15) is 70.2 Å². The van der Waals surface area contributed by atoms with Gasteiger partial charge in [0.1, 0.15) is 10.8 Å². The minimum atomic E-state index is 0.117. The molecule has 2 aromatic carbocycles. The van der Waals surface area contributed by atoms with Gasteiger partial charge >= 0.3 is 0 Å². The van der Waals surface area contributed by atoms with Crippen molar-refractivity contribution in [2.75, 3.05) is 27.2 Å². The molecule has 0 aliphatic heterocycles. The zero-order chi connectivity index (χ0) is 27.2. The summed E-state index contributed by atoms with van der Waals surface area (Å²) in [6, 6.07) is 13.3. The quantitative estimate of drug-likeness (QED) is 0.312. The molecule has 0 radical (unpaired) electrons. The predicted octanol–water partition coefficient (Wildman–Crippen LogP) is 6.46. The summed E-state index contributed by atoms with van der Waals surface area (Å²) in [5.41, 5.74) is 6.19. The standard InChI is InChI=1S/C25H26N2OS.C4H11N.C2H6O/c1-5-7-17-14-18(10-13-23(17)28-16(2)3)25-27-15-24(29-25)21-9-6-8-20-19(21)11-12-22(20)26-4;1-3-4-5-2;1-2-3/h6,8-10,13-16,22,26H,11-12H2,1-4H3;5H,3-4H2,1-2H3;3H,2H2,1H3. The molecule has 200 valence electrons. The van der Waals surface area contributed by atoms with E-state index in [-0.39, 0.29) is 12.7 Å². The fourth-order valence-electron chi connectivity index (χ4n) is 4.22. The van der Waals surface area contributed by atoms with Crippen molar-refractivity contribution in [1.29, 1.82) is 0 Å². The van der Waals surface area contributed by atoms with Gasteiger partial charge in [-0.05, 0) is 102 Å². The Bertz CT molecular complexity index is 1160. The van der Waals surface area contributed by atoms with E-state index >= 15 is 0 Å². The van der Waals surface area contributed by atoms with Gasteiger partial charge in [-0.25, -0.2) is 4.98 Å². The van der Waals surface area contributed by atoms with Crippen LogP contribution in [0.3, 0.4) is 0 Å². The van der Waals surface area contributed by atoms with Crippen LogP contribution in [0.2, 0.25) is 0 Å². The highest BCUT2D eigenvalue weighted by atomic mass is 32.1. The van der Waals surface area contributed by atoms with E-state index in [1.807, 2.05) is 47.1 Å². The fraction of sp³-hybridized carbons (Fsp3) is 0.452. The van der Waals surface area contributed by atoms with Gasteiger partial charge in [-0.2, -0.15) is 0 Å². The first-order valence-electron chi connectivity index (χ1n) is 13.2. The van der Waals surface area contributed by atoms with Gasteiger partial charge in [-0.15, -0.1) is 17.3 Å². The van der Waals surface area contributed by atoms with E-state index in [1.54, 1.807) is 18.3 Å². The van der Waals surface area contributed by atoms with Crippen molar-refractivity contribution in [3.8, 4) is 38.6 Å². The number of fused-ring (bicyclic) bond motifs is 1. The van der Waals surface area contributed by atoms with Crippen LogP contribution in [0.4, 0.5) is 0 Å². The number of aliphatic hydroxyl groups is 1. The highest BCUT2D eigenvalue weighted by Crippen LogP contribution is 2.41. The van der Waals surface area contributed by atoms with Crippen LogP contribution < -0.4 is 15.4 Å². The molecule has 1 atom stereocenters. The van der Waals surface area contributed by atoms with Gasteiger partial charge in [0.15, 0.2) is 0 Å². The third kappa shape index (κ3) is 8.69. The third-order valence-electron chi connectivity index (χ3n) is 5.74. The summed E-state index contributed by atoms with van der Waals surface area (Å²) in [5.74, 6) is 6.99. The normalized spacial score (nSPS) is 13.5. The van der Waals surface area contributed by atoms with Gasteiger partial charge < -0.3 is 20.5 Å². The second-order valence-electron chi connectivity index (χ2n) is 8.96. The molecule has 1 aliphatic carbocycles. The van der Waals surface area contributed by atoms with Crippen LogP contribution >= 0.6 is 11.3 Å². The van der Waals surface area contributed by atoms with Crippen molar-refractivity contribution in [3.63, 3.8) is 0 Å². The van der Waals surface area contributed by atoms with Crippen LogP contribution in [0.25, 0.3) is 21.0 Å². The number of rotatable bonds is 7. The lowest BCUT2D eigenvalue weighted by atomic mass is 10.0. The zero-order valence-electron chi connectivity index (χ0n) is 23.4. The molecule has 0 saturated heterocycles. The number of hydrogen-bond donors (Lipinski definition) is 3. The maximum atomic E-state index is 7.57. The number of aromatic nitrogens is 1. The lowest BCUT2D eigenvalue weighted by Crippen LogP contribution is -2.12. The van der Waals surface area contributed by atoms with Crippen molar-refractivity contribution >= 4 is 11.3 Å². The monoisotopic (exact) mass is 521 g/mol. The topological polar surface area (TPSA) is 66.4 Å². The van der Waals surface area contributed by atoms with E-state index in [0.29, 0.717) is 6.04 Å². The average Bonchev–Trinajstić information content (AvgIpc) is 3.54. The summed E-state index contributed by atoms with van der Waals surface area (Å²) >= 11 is 1.74.